The number of rotatable bonds is 6. The van der Waals surface area contributed by atoms with Crippen molar-refractivity contribution in [2.75, 3.05) is 7.11 Å². The van der Waals surface area contributed by atoms with Crippen LogP contribution in [-0.4, -0.2) is 25.0 Å². The SMILES string of the molecule is COCn1ccsc1=Nc1cc(C#N)cc(CO[Si](C)(C)C(C)(C)C)n1. The summed E-state index contributed by atoms with van der Waals surface area (Å²) in [6, 6.07) is 5.64. The molecule has 0 aliphatic rings. The minimum absolute atomic E-state index is 0.121. The number of hydrogen-bond acceptors (Lipinski definition) is 6. The molecule has 2 aromatic heterocycles. The van der Waals surface area contributed by atoms with Crippen LogP contribution in [-0.2, 0) is 22.5 Å². The van der Waals surface area contributed by atoms with Crippen LogP contribution >= 0.6 is 11.3 Å². The van der Waals surface area contributed by atoms with Crippen molar-refractivity contribution in [1.29, 1.82) is 5.26 Å². The van der Waals surface area contributed by atoms with Gasteiger partial charge >= 0.3 is 0 Å². The fourth-order valence-electron chi connectivity index (χ4n) is 1.96. The number of nitrogens with zero attached hydrogens (tertiary/aromatic N) is 4. The lowest BCUT2D eigenvalue weighted by Crippen LogP contribution is -2.40. The van der Waals surface area contributed by atoms with Crippen molar-refractivity contribution in [1.82, 2.24) is 9.55 Å². The first-order valence-electron chi connectivity index (χ1n) is 8.39. The number of hydrogen-bond donors (Lipinski definition) is 0. The first-order chi connectivity index (χ1) is 12.2. The minimum Gasteiger partial charge on any atom is -0.411 e. The predicted octanol–water partition coefficient (Wildman–Crippen LogP) is 4.17. The second-order valence-corrected chi connectivity index (χ2v) is 13.2. The van der Waals surface area contributed by atoms with Crippen molar-refractivity contribution in [3.63, 3.8) is 0 Å². The molecule has 0 saturated heterocycles. The Morgan fingerprint density at radius 3 is 2.69 bits per heavy atom. The number of ether oxygens (including phenoxy) is 1. The largest absolute Gasteiger partial charge is 0.411 e. The Hall–Kier alpha value is -1.79. The van der Waals surface area contributed by atoms with Crippen LogP contribution in [0.1, 0.15) is 32.0 Å². The highest BCUT2D eigenvalue weighted by molar-refractivity contribution is 7.07. The van der Waals surface area contributed by atoms with E-state index in [0.29, 0.717) is 24.7 Å². The van der Waals surface area contributed by atoms with Gasteiger partial charge in [-0.25, -0.2) is 9.98 Å². The van der Waals surface area contributed by atoms with Crippen molar-refractivity contribution in [3.05, 3.63) is 39.8 Å². The molecule has 26 heavy (non-hydrogen) atoms. The van der Waals surface area contributed by atoms with Gasteiger partial charge < -0.3 is 9.16 Å². The molecule has 0 spiro atoms. The third kappa shape index (κ3) is 5.11. The number of methoxy groups -OCH3 is 1. The van der Waals surface area contributed by atoms with E-state index in [4.69, 9.17) is 9.16 Å². The molecular formula is C18H26N4O2SSi. The van der Waals surface area contributed by atoms with Crippen LogP contribution in [0.5, 0.6) is 0 Å². The van der Waals surface area contributed by atoms with E-state index in [0.717, 1.165) is 10.5 Å². The summed E-state index contributed by atoms with van der Waals surface area (Å²) in [6.45, 7) is 11.8. The van der Waals surface area contributed by atoms with Gasteiger partial charge in [0.2, 0.25) is 0 Å². The normalized spacial score (nSPS) is 13.0. The first-order valence-corrected chi connectivity index (χ1v) is 12.2. The number of nitriles is 1. The molecular weight excluding hydrogens is 364 g/mol. The van der Waals surface area contributed by atoms with E-state index in [2.05, 4.69) is 49.9 Å². The lowest BCUT2D eigenvalue weighted by molar-refractivity contribution is 0.129. The molecule has 2 rings (SSSR count). The van der Waals surface area contributed by atoms with Crippen molar-refractivity contribution in [3.8, 4) is 6.07 Å². The van der Waals surface area contributed by atoms with Gasteiger partial charge in [0, 0.05) is 24.8 Å². The average molecular weight is 391 g/mol. The standard InChI is InChI=1S/C18H26N4O2SSi/c1-18(2,3)26(5,6)24-12-15-9-14(11-19)10-16(20-15)21-17-22(13-23-4)7-8-25-17/h7-10H,12-13H2,1-6H3. The van der Waals surface area contributed by atoms with Gasteiger partial charge in [-0.15, -0.1) is 11.3 Å². The van der Waals surface area contributed by atoms with E-state index in [1.165, 1.54) is 11.3 Å². The average Bonchev–Trinajstić information content (AvgIpc) is 2.99. The summed E-state index contributed by atoms with van der Waals surface area (Å²) in [6.07, 6.45) is 1.91. The molecule has 8 heteroatoms. The maximum Gasteiger partial charge on any atom is 0.193 e. The second kappa shape index (κ2) is 8.27. The highest BCUT2D eigenvalue weighted by Crippen LogP contribution is 2.37. The fourth-order valence-corrected chi connectivity index (χ4v) is 3.63. The zero-order valence-electron chi connectivity index (χ0n) is 16.2. The van der Waals surface area contributed by atoms with Crippen LogP contribution in [0, 0.1) is 11.3 Å². The maximum absolute atomic E-state index is 9.33. The summed E-state index contributed by atoms with van der Waals surface area (Å²) in [4.78, 5) is 9.92. The van der Waals surface area contributed by atoms with Crippen molar-refractivity contribution in [2.45, 2.75) is 52.2 Å². The first kappa shape index (κ1) is 20.5. The highest BCUT2D eigenvalue weighted by atomic mass is 32.1. The number of pyridine rings is 1. The number of thiazole rings is 1. The molecule has 0 atom stereocenters. The maximum atomic E-state index is 9.33. The van der Waals surface area contributed by atoms with E-state index < -0.39 is 8.32 Å². The number of aromatic nitrogens is 2. The molecule has 0 aliphatic heterocycles. The Bertz CT molecular complexity index is 859. The molecule has 0 radical (unpaired) electrons. The van der Waals surface area contributed by atoms with Gasteiger partial charge in [0.25, 0.3) is 0 Å². The molecule has 140 valence electrons. The van der Waals surface area contributed by atoms with E-state index in [-0.39, 0.29) is 5.04 Å². The minimum atomic E-state index is -1.89. The molecule has 2 aromatic rings. The highest BCUT2D eigenvalue weighted by Gasteiger charge is 2.37. The van der Waals surface area contributed by atoms with Crippen LogP contribution in [0.15, 0.2) is 28.7 Å². The van der Waals surface area contributed by atoms with Gasteiger partial charge in [-0.05, 0) is 24.2 Å². The van der Waals surface area contributed by atoms with Crippen molar-refractivity contribution in [2.24, 2.45) is 4.99 Å². The van der Waals surface area contributed by atoms with Crippen molar-refractivity contribution < 1.29 is 9.16 Å². The van der Waals surface area contributed by atoms with Crippen LogP contribution in [0.2, 0.25) is 18.1 Å². The zero-order chi connectivity index (χ0) is 19.4. The van der Waals surface area contributed by atoms with E-state index >= 15 is 0 Å². The lowest BCUT2D eigenvalue weighted by Gasteiger charge is -2.36. The van der Waals surface area contributed by atoms with E-state index in [9.17, 15) is 5.26 Å². The molecule has 0 amide bonds. The quantitative estimate of drug-likeness (QED) is 0.694. The van der Waals surface area contributed by atoms with Gasteiger partial charge in [-0.2, -0.15) is 5.26 Å². The van der Waals surface area contributed by atoms with Gasteiger partial charge in [-0.3, -0.25) is 4.57 Å². The third-order valence-corrected chi connectivity index (χ3v) is 9.79. The summed E-state index contributed by atoms with van der Waals surface area (Å²) in [5.74, 6) is 0.505. The van der Waals surface area contributed by atoms with Crippen LogP contribution in [0.3, 0.4) is 0 Å². The topological polar surface area (TPSA) is 72.4 Å². The molecule has 0 fully saturated rings. The molecule has 0 N–H and O–H groups in total. The Morgan fingerprint density at radius 1 is 1.35 bits per heavy atom. The van der Waals surface area contributed by atoms with Gasteiger partial charge in [0.1, 0.15) is 6.73 Å². The summed E-state index contributed by atoms with van der Waals surface area (Å²) >= 11 is 1.49. The molecule has 6 nitrogen and oxygen atoms in total. The smallest absolute Gasteiger partial charge is 0.193 e. The van der Waals surface area contributed by atoms with Crippen LogP contribution < -0.4 is 4.80 Å². The lowest BCUT2D eigenvalue weighted by atomic mass is 10.2. The molecule has 2 heterocycles. The Morgan fingerprint density at radius 2 is 2.08 bits per heavy atom. The van der Waals surface area contributed by atoms with E-state index in [1.807, 2.05) is 16.1 Å². The third-order valence-electron chi connectivity index (χ3n) is 4.52. The molecule has 0 unspecified atom stereocenters. The molecule has 0 aromatic carbocycles. The summed E-state index contributed by atoms with van der Waals surface area (Å²) in [5, 5.41) is 11.4. The van der Waals surface area contributed by atoms with E-state index in [1.54, 1.807) is 19.2 Å². The monoisotopic (exact) mass is 390 g/mol. The van der Waals surface area contributed by atoms with Gasteiger partial charge in [0.05, 0.1) is 23.9 Å². The van der Waals surface area contributed by atoms with Gasteiger partial charge in [0.15, 0.2) is 18.9 Å². The Kier molecular flexibility index (Phi) is 6.52. The zero-order valence-corrected chi connectivity index (χ0v) is 18.1. The Balaban J connectivity index is 2.32. The van der Waals surface area contributed by atoms with Crippen LogP contribution in [0.4, 0.5) is 5.82 Å². The van der Waals surface area contributed by atoms with Crippen molar-refractivity contribution >= 4 is 25.5 Å². The van der Waals surface area contributed by atoms with Gasteiger partial charge in [-0.1, -0.05) is 20.8 Å². The fraction of sp³-hybridized carbons (Fsp3) is 0.500. The summed E-state index contributed by atoms with van der Waals surface area (Å²) in [7, 11) is -0.250. The second-order valence-electron chi connectivity index (χ2n) is 7.55. The summed E-state index contributed by atoms with van der Waals surface area (Å²) in [5.41, 5.74) is 1.25. The molecule has 0 bridgehead atoms. The van der Waals surface area contributed by atoms with Crippen LogP contribution in [0.25, 0.3) is 0 Å². The Labute approximate surface area is 159 Å². The summed E-state index contributed by atoms with van der Waals surface area (Å²) < 4.78 is 13.3. The molecule has 0 aliphatic carbocycles. The predicted molar refractivity (Wildman–Crippen MR) is 105 cm³/mol. The molecule has 0 saturated carbocycles.